The van der Waals surface area contributed by atoms with E-state index in [4.69, 9.17) is 15.2 Å². The molecule has 0 aromatic carbocycles. The fourth-order valence-electron chi connectivity index (χ4n) is 3.02. The Morgan fingerprint density at radius 3 is 3.00 bits per heavy atom. The summed E-state index contributed by atoms with van der Waals surface area (Å²) in [6.45, 7) is 4.36. The fraction of sp³-hybridized carbons (Fsp3) is 0.929. The largest absolute Gasteiger partial charge is 0.383 e. The van der Waals surface area contributed by atoms with Gasteiger partial charge in [0.2, 0.25) is 0 Å². The Hall–Kier alpha value is -0.810. The van der Waals surface area contributed by atoms with Crippen molar-refractivity contribution in [3.05, 3.63) is 0 Å². The molecule has 0 amide bonds. The summed E-state index contributed by atoms with van der Waals surface area (Å²) in [4.78, 5) is 4.47. The van der Waals surface area contributed by atoms with Crippen molar-refractivity contribution in [3.8, 4) is 0 Å². The van der Waals surface area contributed by atoms with Crippen molar-refractivity contribution in [3.63, 3.8) is 0 Å². The van der Waals surface area contributed by atoms with E-state index in [2.05, 4.69) is 10.3 Å². The highest BCUT2D eigenvalue weighted by Crippen LogP contribution is 2.44. The molecule has 0 bridgehead atoms. The van der Waals surface area contributed by atoms with Gasteiger partial charge in [-0.25, -0.2) is 0 Å². The van der Waals surface area contributed by atoms with Crippen molar-refractivity contribution < 1.29 is 9.47 Å². The molecule has 2 unspecified atom stereocenters. The summed E-state index contributed by atoms with van der Waals surface area (Å²) in [5, 5.41) is 3.14. The monoisotopic (exact) mass is 269 g/mol. The van der Waals surface area contributed by atoms with Crippen LogP contribution in [0.5, 0.6) is 0 Å². The first-order valence-corrected chi connectivity index (χ1v) is 7.33. The Labute approximate surface area is 115 Å². The highest BCUT2D eigenvalue weighted by Gasteiger charge is 2.42. The number of methoxy groups -OCH3 is 1. The Morgan fingerprint density at radius 2 is 2.37 bits per heavy atom. The van der Waals surface area contributed by atoms with Crippen LogP contribution in [0.2, 0.25) is 0 Å². The summed E-state index contributed by atoms with van der Waals surface area (Å²) in [6, 6.07) is 0.196. The zero-order valence-corrected chi connectivity index (χ0v) is 12.2. The van der Waals surface area contributed by atoms with Crippen LogP contribution >= 0.6 is 0 Å². The first-order valence-electron chi connectivity index (χ1n) is 7.33. The van der Waals surface area contributed by atoms with Gasteiger partial charge in [-0.15, -0.1) is 0 Å². The van der Waals surface area contributed by atoms with Gasteiger partial charge in [0, 0.05) is 26.3 Å². The number of nitrogens with one attached hydrogen (secondary N) is 1. The number of ether oxygens (including phenoxy) is 2. The van der Waals surface area contributed by atoms with Crippen molar-refractivity contribution in [2.24, 2.45) is 16.6 Å². The maximum Gasteiger partial charge on any atom is 0.188 e. The summed E-state index contributed by atoms with van der Waals surface area (Å²) in [7, 11) is 1.69. The summed E-state index contributed by atoms with van der Waals surface area (Å²) in [6.07, 6.45) is 6.02. The normalized spacial score (nSPS) is 27.9. The first kappa shape index (κ1) is 14.6. The molecule has 0 radical (unpaired) electrons. The molecule has 1 aliphatic carbocycles. The molecule has 5 heteroatoms. The molecule has 0 aromatic rings. The number of aliphatic imine (C=N–C) groups is 1. The molecule has 1 heterocycles. The third kappa shape index (κ3) is 4.08. The molecule has 1 saturated carbocycles. The lowest BCUT2D eigenvalue weighted by Crippen LogP contribution is -2.46. The number of nitrogens with zero attached hydrogens (tertiary/aromatic N) is 1. The van der Waals surface area contributed by atoms with E-state index in [1.165, 1.54) is 19.3 Å². The van der Waals surface area contributed by atoms with Gasteiger partial charge < -0.3 is 20.5 Å². The molecule has 1 spiro atoms. The van der Waals surface area contributed by atoms with Crippen LogP contribution in [0.25, 0.3) is 0 Å². The Bertz CT molecular complexity index is 316. The highest BCUT2D eigenvalue weighted by atomic mass is 16.5. The Kier molecular flexibility index (Phi) is 5.05. The summed E-state index contributed by atoms with van der Waals surface area (Å²) in [5.74, 6) is 1.14. The molecule has 2 fully saturated rings. The van der Waals surface area contributed by atoms with E-state index in [1.807, 2.05) is 6.92 Å². The Morgan fingerprint density at radius 1 is 1.58 bits per heavy atom. The van der Waals surface area contributed by atoms with E-state index in [0.717, 1.165) is 26.0 Å². The fourth-order valence-corrected chi connectivity index (χ4v) is 3.02. The number of rotatable bonds is 5. The van der Waals surface area contributed by atoms with Crippen LogP contribution in [0.3, 0.4) is 0 Å². The topological polar surface area (TPSA) is 68.9 Å². The van der Waals surface area contributed by atoms with Gasteiger partial charge in [0.25, 0.3) is 0 Å². The number of hydrogen-bond acceptors (Lipinski definition) is 3. The van der Waals surface area contributed by atoms with Crippen molar-refractivity contribution in [1.29, 1.82) is 0 Å². The summed E-state index contributed by atoms with van der Waals surface area (Å²) < 4.78 is 11.0. The quantitative estimate of drug-likeness (QED) is 0.582. The lowest BCUT2D eigenvalue weighted by molar-refractivity contribution is -0.141. The van der Waals surface area contributed by atoms with E-state index in [1.54, 1.807) is 7.11 Å². The molecule has 110 valence electrons. The van der Waals surface area contributed by atoms with Crippen molar-refractivity contribution >= 4 is 5.96 Å². The SMILES string of the molecule is COCC(C)NC(N)=NCC1CCOC2(CCC2)C1. The van der Waals surface area contributed by atoms with Crippen molar-refractivity contribution in [2.45, 2.75) is 50.7 Å². The van der Waals surface area contributed by atoms with E-state index >= 15 is 0 Å². The van der Waals surface area contributed by atoms with Crippen molar-refractivity contribution in [2.75, 3.05) is 26.9 Å². The maximum absolute atomic E-state index is 5.92. The van der Waals surface area contributed by atoms with E-state index in [9.17, 15) is 0 Å². The van der Waals surface area contributed by atoms with Gasteiger partial charge in [0.05, 0.1) is 12.2 Å². The summed E-state index contributed by atoms with van der Waals surface area (Å²) >= 11 is 0. The van der Waals surface area contributed by atoms with Gasteiger partial charge in [-0.05, 0) is 44.9 Å². The third-order valence-corrected chi connectivity index (χ3v) is 4.19. The molecular weight excluding hydrogens is 242 g/mol. The second-order valence-electron chi connectivity index (χ2n) is 5.97. The minimum atomic E-state index is 0.196. The molecule has 3 N–H and O–H groups in total. The molecule has 1 saturated heterocycles. The lowest BCUT2D eigenvalue weighted by Gasteiger charge is -2.47. The average molecular weight is 269 g/mol. The number of hydrogen-bond donors (Lipinski definition) is 2. The lowest BCUT2D eigenvalue weighted by atomic mass is 9.72. The van der Waals surface area contributed by atoms with Crippen LogP contribution in [-0.2, 0) is 9.47 Å². The molecule has 19 heavy (non-hydrogen) atoms. The minimum absolute atomic E-state index is 0.196. The van der Waals surface area contributed by atoms with Crippen molar-refractivity contribution in [1.82, 2.24) is 5.32 Å². The number of nitrogens with two attached hydrogens (primary N) is 1. The van der Waals surface area contributed by atoms with Crippen LogP contribution < -0.4 is 11.1 Å². The molecule has 0 aromatic heterocycles. The minimum Gasteiger partial charge on any atom is -0.383 e. The Balaban J connectivity index is 1.74. The van der Waals surface area contributed by atoms with Crippen LogP contribution in [0.1, 0.15) is 39.0 Å². The van der Waals surface area contributed by atoms with Gasteiger partial charge in [0.1, 0.15) is 0 Å². The highest BCUT2D eigenvalue weighted by molar-refractivity contribution is 5.78. The van der Waals surface area contributed by atoms with Gasteiger partial charge >= 0.3 is 0 Å². The summed E-state index contributed by atoms with van der Waals surface area (Å²) in [5.41, 5.74) is 6.09. The van der Waals surface area contributed by atoms with Gasteiger partial charge in [-0.1, -0.05) is 0 Å². The van der Waals surface area contributed by atoms with Crippen LogP contribution in [-0.4, -0.2) is 44.5 Å². The van der Waals surface area contributed by atoms with E-state index < -0.39 is 0 Å². The number of guanidine groups is 1. The molecule has 1 aliphatic heterocycles. The predicted molar refractivity (Wildman–Crippen MR) is 76.2 cm³/mol. The standard InChI is InChI=1S/C14H27N3O2/c1-11(10-18-2)17-13(15)16-9-12-4-7-19-14(8-12)5-3-6-14/h11-12H,3-10H2,1-2H3,(H3,15,16,17). The zero-order valence-electron chi connectivity index (χ0n) is 12.2. The third-order valence-electron chi connectivity index (χ3n) is 4.19. The van der Waals surface area contributed by atoms with Gasteiger partial charge in [0.15, 0.2) is 5.96 Å². The molecular formula is C14H27N3O2. The first-order chi connectivity index (χ1) is 9.13. The smallest absolute Gasteiger partial charge is 0.188 e. The van der Waals surface area contributed by atoms with Gasteiger partial charge in [-0.3, -0.25) is 4.99 Å². The average Bonchev–Trinajstić information content (AvgIpc) is 2.35. The second-order valence-corrected chi connectivity index (χ2v) is 5.97. The predicted octanol–water partition coefficient (Wildman–Crippen LogP) is 1.27. The molecule has 5 nitrogen and oxygen atoms in total. The van der Waals surface area contributed by atoms with E-state index in [0.29, 0.717) is 18.5 Å². The molecule has 2 atom stereocenters. The van der Waals surface area contributed by atoms with Crippen LogP contribution in [0, 0.1) is 5.92 Å². The molecule has 2 rings (SSSR count). The zero-order chi connectivity index (χ0) is 13.7. The van der Waals surface area contributed by atoms with Gasteiger partial charge in [-0.2, -0.15) is 0 Å². The van der Waals surface area contributed by atoms with Crippen LogP contribution in [0.15, 0.2) is 4.99 Å². The second kappa shape index (κ2) is 6.57. The van der Waals surface area contributed by atoms with E-state index in [-0.39, 0.29) is 11.6 Å². The molecule has 2 aliphatic rings. The maximum atomic E-state index is 5.92. The van der Waals surface area contributed by atoms with Crippen LogP contribution in [0.4, 0.5) is 0 Å².